The molecule has 0 bridgehead atoms. The molecule has 1 aliphatic heterocycles. The molecule has 11 heavy (non-hydrogen) atoms. The monoisotopic (exact) mass is 178 g/mol. The number of ether oxygens (including phenoxy) is 1. The molecule has 1 aliphatic rings. The third-order valence-electron chi connectivity index (χ3n) is 1.89. The van der Waals surface area contributed by atoms with Gasteiger partial charge >= 0.3 is 0 Å². The smallest absolute Gasteiger partial charge is 0.153 e. The molecule has 0 N–H and O–H groups in total. The fourth-order valence-electron chi connectivity index (χ4n) is 0.902. The summed E-state index contributed by atoms with van der Waals surface area (Å²) in [6.07, 6.45) is 0. The van der Waals surface area contributed by atoms with Crippen LogP contribution in [0.2, 0.25) is 0 Å². The minimum absolute atomic E-state index is 0.247. The van der Waals surface area contributed by atoms with Crippen molar-refractivity contribution in [2.24, 2.45) is 5.92 Å². The molecular weight excluding hydrogens is 164 g/mol. The molecule has 0 unspecified atom stereocenters. The SMILES string of the molecule is CC(C)S(=O)(=O)CC1COC1. The molecule has 0 atom stereocenters. The van der Waals surface area contributed by atoms with E-state index in [1.807, 2.05) is 0 Å². The van der Waals surface area contributed by atoms with E-state index in [0.29, 0.717) is 19.0 Å². The van der Waals surface area contributed by atoms with Gasteiger partial charge in [-0.3, -0.25) is 0 Å². The van der Waals surface area contributed by atoms with Gasteiger partial charge in [-0.25, -0.2) is 8.42 Å². The Kier molecular flexibility index (Phi) is 2.54. The largest absolute Gasteiger partial charge is 0.381 e. The maximum atomic E-state index is 11.3. The predicted molar refractivity (Wildman–Crippen MR) is 43.2 cm³/mol. The highest BCUT2D eigenvalue weighted by atomic mass is 32.2. The summed E-state index contributed by atoms with van der Waals surface area (Å²) in [5, 5.41) is -0.247. The molecule has 0 saturated carbocycles. The van der Waals surface area contributed by atoms with E-state index in [9.17, 15) is 8.42 Å². The van der Waals surface area contributed by atoms with E-state index in [2.05, 4.69) is 0 Å². The van der Waals surface area contributed by atoms with Crippen molar-refractivity contribution >= 4 is 9.84 Å². The second-order valence-electron chi connectivity index (χ2n) is 3.28. The van der Waals surface area contributed by atoms with Crippen LogP contribution >= 0.6 is 0 Å². The zero-order chi connectivity index (χ0) is 8.48. The summed E-state index contributed by atoms with van der Waals surface area (Å²) in [6.45, 7) is 4.67. The molecule has 1 fully saturated rings. The lowest BCUT2D eigenvalue weighted by Gasteiger charge is -2.26. The fourth-order valence-corrected chi connectivity index (χ4v) is 2.14. The lowest BCUT2D eigenvalue weighted by molar-refractivity contribution is -0.0204. The van der Waals surface area contributed by atoms with E-state index in [0.717, 1.165) is 0 Å². The van der Waals surface area contributed by atoms with Crippen LogP contribution in [-0.2, 0) is 14.6 Å². The van der Waals surface area contributed by atoms with Crippen LogP contribution in [-0.4, -0.2) is 32.6 Å². The Hall–Kier alpha value is -0.0900. The van der Waals surface area contributed by atoms with Crippen LogP contribution < -0.4 is 0 Å². The molecule has 1 rings (SSSR count). The topological polar surface area (TPSA) is 43.4 Å². The highest BCUT2D eigenvalue weighted by Crippen LogP contribution is 2.15. The number of sulfone groups is 1. The highest BCUT2D eigenvalue weighted by Gasteiger charge is 2.27. The van der Waals surface area contributed by atoms with Gasteiger partial charge in [-0.1, -0.05) is 0 Å². The molecule has 0 amide bonds. The summed E-state index contributed by atoms with van der Waals surface area (Å²) in [5.74, 6) is 0.549. The van der Waals surface area contributed by atoms with Crippen molar-refractivity contribution in [2.45, 2.75) is 19.1 Å². The third-order valence-corrected chi connectivity index (χ3v) is 4.27. The summed E-state index contributed by atoms with van der Waals surface area (Å²) in [6, 6.07) is 0. The van der Waals surface area contributed by atoms with Crippen LogP contribution in [0.15, 0.2) is 0 Å². The first kappa shape index (κ1) is 9.00. The molecule has 0 aliphatic carbocycles. The Morgan fingerprint density at radius 2 is 2.00 bits per heavy atom. The molecule has 1 saturated heterocycles. The second-order valence-corrected chi connectivity index (χ2v) is 5.88. The van der Waals surface area contributed by atoms with Gasteiger partial charge in [-0.05, 0) is 13.8 Å². The van der Waals surface area contributed by atoms with Crippen molar-refractivity contribution in [1.29, 1.82) is 0 Å². The number of hydrogen-bond acceptors (Lipinski definition) is 3. The van der Waals surface area contributed by atoms with E-state index in [4.69, 9.17) is 4.74 Å². The van der Waals surface area contributed by atoms with Gasteiger partial charge < -0.3 is 4.74 Å². The molecule has 0 aromatic heterocycles. The third kappa shape index (κ3) is 2.17. The van der Waals surface area contributed by atoms with Crippen molar-refractivity contribution in [3.05, 3.63) is 0 Å². The molecule has 0 aromatic rings. The van der Waals surface area contributed by atoms with E-state index in [1.165, 1.54) is 0 Å². The Labute approximate surface area is 67.7 Å². The second kappa shape index (κ2) is 3.11. The quantitative estimate of drug-likeness (QED) is 0.630. The van der Waals surface area contributed by atoms with Crippen LogP contribution in [0.3, 0.4) is 0 Å². The maximum Gasteiger partial charge on any atom is 0.153 e. The van der Waals surface area contributed by atoms with Gasteiger partial charge in [0, 0.05) is 5.92 Å². The molecular formula is C7H14O3S. The fraction of sp³-hybridized carbons (Fsp3) is 1.00. The summed E-state index contributed by atoms with van der Waals surface area (Å²) in [4.78, 5) is 0. The molecule has 4 heteroatoms. The summed E-state index contributed by atoms with van der Waals surface area (Å²) in [7, 11) is -2.84. The van der Waals surface area contributed by atoms with Gasteiger partial charge in [0.1, 0.15) is 0 Å². The van der Waals surface area contributed by atoms with Crippen molar-refractivity contribution in [3.8, 4) is 0 Å². The molecule has 1 heterocycles. The number of hydrogen-bond donors (Lipinski definition) is 0. The van der Waals surface area contributed by atoms with Gasteiger partial charge in [-0.2, -0.15) is 0 Å². The van der Waals surface area contributed by atoms with Crippen molar-refractivity contribution in [2.75, 3.05) is 19.0 Å². The average Bonchev–Trinajstić information content (AvgIpc) is 1.79. The molecule has 66 valence electrons. The van der Waals surface area contributed by atoms with E-state index < -0.39 is 9.84 Å². The van der Waals surface area contributed by atoms with Crippen LogP contribution in [0.1, 0.15) is 13.8 Å². The van der Waals surface area contributed by atoms with Crippen LogP contribution in [0.4, 0.5) is 0 Å². The van der Waals surface area contributed by atoms with Crippen molar-refractivity contribution in [1.82, 2.24) is 0 Å². The first-order valence-electron chi connectivity index (χ1n) is 3.81. The Balaban J connectivity index is 2.46. The molecule has 0 radical (unpaired) electrons. The van der Waals surface area contributed by atoms with E-state index in [-0.39, 0.29) is 11.2 Å². The van der Waals surface area contributed by atoms with Gasteiger partial charge in [0.25, 0.3) is 0 Å². The zero-order valence-corrected chi connectivity index (χ0v) is 7.73. The lowest BCUT2D eigenvalue weighted by atomic mass is 10.1. The van der Waals surface area contributed by atoms with Crippen molar-refractivity contribution < 1.29 is 13.2 Å². The van der Waals surface area contributed by atoms with E-state index in [1.54, 1.807) is 13.8 Å². The van der Waals surface area contributed by atoms with Gasteiger partial charge in [0.15, 0.2) is 9.84 Å². The molecule has 0 aromatic carbocycles. The minimum Gasteiger partial charge on any atom is -0.381 e. The Morgan fingerprint density at radius 3 is 2.27 bits per heavy atom. The van der Waals surface area contributed by atoms with Gasteiger partial charge in [0.05, 0.1) is 24.2 Å². The summed E-state index contributed by atoms with van der Waals surface area (Å²) < 4.78 is 27.5. The first-order valence-corrected chi connectivity index (χ1v) is 5.53. The number of rotatable bonds is 3. The highest BCUT2D eigenvalue weighted by molar-refractivity contribution is 7.91. The van der Waals surface area contributed by atoms with Crippen LogP contribution in [0.5, 0.6) is 0 Å². The molecule has 0 spiro atoms. The lowest BCUT2D eigenvalue weighted by Crippen LogP contribution is -2.36. The first-order chi connectivity index (χ1) is 5.02. The van der Waals surface area contributed by atoms with Gasteiger partial charge in [-0.15, -0.1) is 0 Å². The van der Waals surface area contributed by atoms with Crippen LogP contribution in [0.25, 0.3) is 0 Å². The predicted octanol–water partition coefficient (Wildman–Crippen LogP) is 0.456. The molecule has 3 nitrogen and oxygen atoms in total. The minimum atomic E-state index is -2.84. The average molecular weight is 178 g/mol. The Morgan fingerprint density at radius 1 is 1.45 bits per heavy atom. The van der Waals surface area contributed by atoms with E-state index >= 15 is 0 Å². The normalized spacial score (nSPS) is 20.3. The standard InChI is InChI=1S/C7H14O3S/c1-6(2)11(8,9)5-7-3-10-4-7/h6-7H,3-5H2,1-2H3. The van der Waals surface area contributed by atoms with Gasteiger partial charge in [0.2, 0.25) is 0 Å². The zero-order valence-electron chi connectivity index (χ0n) is 6.91. The summed E-state index contributed by atoms with van der Waals surface area (Å²) >= 11 is 0. The maximum absolute atomic E-state index is 11.3. The van der Waals surface area contributed by atoms with Crippen molar-refractivity contribution in [3.63, 3.8) is 0 Å². The Bertz CT molecular complexity index is 214. The summed E-state index contributed by atoms with van der Waals surface area (Å²) in [5.41, 5.74) is 0. The van der Waals surface area contributed by atoms with Crippen LogP contribution in [0, 0.1) is 5.92 Å².